The van der Waals surface area contributed by atoms with Crippen molar-refractivity contribution < 1.29 is 13.2 Å². The Morgan fingerprint density at radius 1 is 1.40 bits per heavy atom. The molecule has 112 valence electrons. The summed E-state index contributed by atoms with van der Waals surface area (Å²) in [6.45, 7) is 5.29. The van der Waals surface area contributed by atoms with E-state index in [2.05, 4.69) is 10.3 Å². The fourth-order valence-corrected chi connectivity index (χ4v) is 2.98. The van der Waals surface area contributed by atoms with Crippen LogP contribution in [0, 0.1) is 13.8 Å². The van der Waals surface area contributed by atoms with Gasteiger partial charge in [0.15, 0.2) is 0 Å². The van der Waals surface area contributed by atoms with Crippen LogP contribution in [0.5, 0.6) is 5.75 Å². The van der Waals surface area contributed by atoms with Gasteiger partial charge < -0.3 is 10.1 Å². The lowest BCUT2D eigenvalue weighted by atomic mass is 10.1. The molecule has 0 amide bonds. The van der Waals surface area contributed by atoms with Crippen LogP contribution in [0.3, 0.4) is 0 Å². The van der Waals surface area contributed by atoms with Crippen molar-refractivity contribution in [2.75, 3.05) is 19.7 Å². The molecule has 2 rings (SSSR count). The molecule has 0 spiro atoms. The number of amidine groups is 1. The predicted octanol–water partition coefficient (Wildman–Crippen LogP) is 0.753. The number of ether oxygens (including phenoxy) is 1. The highest BCUT2D eigenvalue weighted by molar-refractivity contribution is 7.89. The fourth-order valence-electron chi connectivity index (χ4n) is 2.08. The van der Waals surface area contributed by atoms with Crippen molar-refractivity contribution in [2.24, 2.45) is 10.1 Å². The third-order valence-corrected chi connectivity index (χ3v) is 3.87. The number of aliphatic imine (C=N–C) groups is 1. The minimum absolute atomic E-state index is 0. The molecule has 0 aliphatic carbocycles. The maximum absolute atomic E-state index is 11.6. The van der Waals surface area contributed by atoms with Crippen LogP contribution in [0.4, 0.5) is 0 Å². The SMILES string of the molecule is Cc1cc(C)c(S(N)(=O)=O)c(OCC2=NCCN2)c1.Cl. The number of hydrogen-bond acceptors (Lipinski definition) is 5. The van der Waals surface area contributed by atoms with Gasteiger partial charge in [-0.1, -0.05) is 6.07 Å². The number of nitrogens with one attached hydrogen (secondary N) is 1. The van der Waals surface area contributed by atoms with Crippen LogP contribution < -0.4 is 15.2 Å². The summed E-state index contributed by atoms with van der Waals surface area (Å²) in [6.07, 6.45) is 0. The van der Waals surface area contributed by atoms with E-state index in [-0.39, 0.29) is 29.7 Å². The van der Waals surface area contributed by atoms with Crippen molar-refractivity contribution in [1.29, 1.82) is 0 Å². The monoisotopic (exact) mass is 319 g/mol. The summed E-state index contributed by atoms with van der Waals surface area (Å²) in [6, 6.07) is 3.43. The number of nitrogens with two attached hydrogens (primary N) is 1. The Balaban J connectivity index is 0.00000200. The third-order valence-electron chi connectivity index (χ3n) is 2.78. The van der Waals surface area contributed by atoms with E-state index >= 15 is 0 Å². The lowest BCUT2D eigenvalue weighted by Gasteiger charge is -2.13. The van der Waals surface area contributed by atoms with Crippen molar-refractivity contribution in [2.45, 2.75) is 18.7 Å². The zero-order valence-electron chi connectivity index (χ0n) is 11.3. The van der Waals surface area contributed by atoms with Crippen LogP contribution in [0.1, 0.15) is 11.1 Å². The Labute approximate surface area is 124 Å². The first kappa shape index (κ1) is 16.7. The molecule has 0 aromatic heterocycles. The third kappa shape index (κ3) is 3.84. The van der Waals surface area contributed by atoms with Gasteiger partial charge in [-0.15, -0.1) is 12.4 Å². The number of sulfonamides is 1. The van der Waals surface area contributed by atoms with E-state index < -0.39 is 10.0 Å². The molecule has 0 saturated heterocycles. The zero-order chi connectivity index (χ0) is 14.0. The Hall–Kier alpha value is -1.31. The molecule has 1 aromatic rings. The molecule has 6 nitrogen and oxygen atoms in total. The fraction of sp³-hybridized carbons (Fsp3) is 0.417. The number of primary sulfonamides is 1. The summed E-state index contributed by atoms with van der Waals surface area (Å²) in [5.74, 6) is 0.996. The van der Waals surface area contributed by atoms with E-state index in [1.165, 1.54) is 0 Å². The average molecular weight is 320 g/mol. The maximum atomic E-state index is 11.6. The largest absolute Gasteiger partial charge is 0.484 e. The first-order valence-corrected chi connectivity index (χ1v) is 7.46. The highest BCUT2D eigenvalue weighted by Crippen LogP contribution is 2.28. The normalized spacial score (nSPS) is 14.2. The Bertz CT molecular complexity index is 629. The minimum atomic E-state index is -3.81. The van der Waals surface area contributed by atoms with Gasteiger partial charge in [-0.05, 0) is 31.0 Å². The molecule has 20 heavy (non-hydrogen) atoms. The summed E-state index contributed by atoms with van der Waals surface area (Å²) in [5, 5.41) is 8.30. The van der Waals surface area contributed by atoms with E-state index in [1.54, 1.807) is 19.1 Å². The molecule has 1 aliphatic rings. The second-order valence-electron chi connectivity index (χ2n) is 4.50. The van der Waals surface area contributed by atoms with Crippen molar-refractivity contribution in [3.05, 3.63) is 23.3 Å². The van der Waals surface area contributed by atoms with Gasteiger partial charge >= 0.3 is 0 Å². The van der Waals surface area contributed by atoms with Crippen LogP contribution in [0.15, 0.2) is 22.0 Å². The highest BCUT2D eigenvalue weighted by Gasteiger charge is 2.19. The zero-order valence-corrected chi connectivity index (χ0v) is 13.0. The van der Waals surface area contributed by atoms with Crippen LogP contribution in [0.25, 0.3) is 0 Å². The summed E-state index contributed by atoms with van der Waals surface area (Å²) >= 11 is 0. The molecule has 0 fully saturated rings. The topological polar surface area (TPSA) is 93.8 Å². The number of hydrogen-bond donors (Lipinski definition) is 2. The Morgan fingerprint density at radius 3 is 2.65 bits per heavy atom. The minimum Gasteiger partial charge on any atom is -0.484 e. The first-order chi connectivity index (χ1) is 8.88. The van der Waals surface area contributed by atoms with Gasteiger partial charge in [-0.25, -0.2) is 13.6 Å². The lowest BCUT2D eigenvalue weighted by Crippen LogP contribution is -2.25. The molecule has 0 bridgehead atoms. The van der Waals surface area contributed by atoms with Crippen LogP contribution >= 0.6 is 12.4 Å². The van der Waals surface area contributed by atoms with Gasteiger partial charge in [0, 0.05) is 6.54 Å². The predicted molar refractivity (Wildman–Crippen MR) is 80.3 cm³/mol. The smallest absolute Gasteiger partial charge is 0.242 e. The van der Waals surface area contributed by atoms with E-state index in [9.17, 15) is 8.42 Å². The van der Waals surface area contributed by atoms with E-state index in [0.717, 1.165) is 17.9 Å². The molecule has 1 aromatic carbocycles. The van der Waals surface area contributed by atoms with Crippen molar-refractivity contribution >= 4 is 28.3 Å². The lowest BCUT2D eigenvalue weighted by molar-refractivity contribution is 0.362. The number of aryl methyl sites for hydroxylation is 2. The van der Waals surface area contributed by atoms with E-state index in [4.69, 9.17) is 9.88 Å². The molecule has 3 N–H and O–H groups in total. The number of benzene rings is 1. The average Bonchev–Trinajstić information content (AvgIpc) is 2.75. The van der Waals surface area contributed by atoms with E-state index in [1.807, 2.05) is 6.92 Å². The molecular formula is C12H18ClN3O3S. The summed E-state index contributed by atoms with van der Waals surface area (Å²) in [7, 11) is -3.81. The number of rotatable bonds is 4. The standard InChI is InChI=1S/C12H17N3O3S.ClH/c1-8-5-9(2)12(19(13,16)17)10(6-8)18-7-11-14-3-4-15-11;/h5-6H,3-4,7H2,1-2H3,(H,14,15)(H2,13,16,17);1H. The van der Waals surface area contributed by atoms with Crippen molar-refractivity contribution in [3.63, 3.8) is 0 Å². The molecule has 0 radical (unpaired) electrons. The Morgan fingerprint density at radius 2 is 2.10 bits per heavy atom. The summed E-state index contributed by atoms with van der Waals surface area (Å²) < 4.78 is 28.8. The first-order valence-electron chi connectivity index (χ1n) is 5.92. The van der Waals surface area contributed by atoms with E-state index in [0.29, 0.717) is 12.1 Å². The molecule has 0 atom stereocenters. The van der Waals surface area contributed by atoms with Crippen LogP contribution in [-0.2, 0) is 10.0 Å². The summed E-state index contributed by atoms with van der Waals surface area (Å²) in [5.41, 5.74) is 1.50. The second-order valence-corrected chi connectivity index (χ2v) is 6.00. The second kappa shape index (κ2) is 6.43. The Kier molecular flexibility index (Phi) is 5.38. The van der Waals surface area contributed by atoms with Gasteiger partial charge in [0.05, 0.1) is 6.54 Å². The van der Waals surface area contributed by atoms with Crippen molar-refractivity contribution in [1.82, 2.24) is 5.32 Å². The molecule has 1 heterocycles. The number of nitrogens with zero attached hydrogens (tertiary/aromatic N) is 1. The van der Waals surface area contributed by atoms with Gasteiger partial charge in [0.2, 0.25) is 10.0 Å². The molecule has 0 unspecified atom stereocenters. The summed E-state index contributed by atoms with van der Waals surface area (Å²) in [4.78, 5) is 4.23. The maximum Gasteiger partial charge on any atom is 0.242 e. The molecular weight excluding hydrogens is 302 g/mol. The van der Waals surface area contributed by atoms with Crippen LogP contribution in [0.2, 0.25) is 0 Å². The highest BCUT2D eigenvalue weighted by atomic mass is 35.5. The van der Waals surface area contributed by atoms with Gasteiger partial charge in [0.25, 0.3) is 0 Å². The van der Waals surface area contributed by atoms with Crippen LogP contribution in [-0.4, -0.2) is 33.9 Å². The molecule has 0 saturated carbocycles. The molecule has 1 aliphatic heterocycles. The quantitative estimate of drug-likeness (QED) is 0.856. The van der Waals surface area contributed by atoms with Gasteiger partial charge in [-0.3, -0.25) is 4.99 Å². The van der Waals surface area contributed by atoms with Gasteiger partial charge in [-0.2, -0.15) is 0 Å². The number of halogens is 1. The molecule has 8 heteroatoms. The van der Waals surface area contributed by atoms with Gasteiger partial charge in [0.1, 0.15) is 23.1 Å². The van der Waals surface area contributed by atoms with Crippen molar-refractivity contribution in [3.8, 4) is 5.75 Å².